The first-order valence-corrected chi connectivity index (χ1v) is 8.09. The van der Waals surface area contributed by atoms with Crippen molar-refractivity contribution in [1.29, 1.82) is 0 Å². The average Bonchev–Trinajstić information content (AvgIpc) is 2.77. The molecule has 0 atom stereocenters. The predicted octanol–water partition coefficient (Wildman–Crippen LogP) is 2.25. The van der Waals surface area contributed by atoms with E-state index in [1.54, 1.807) is 31.2 Å². The van der Waals surface area contributed by atoms with Crippen LogP contribution in [-0.4, -0.2) is 27.1 Å². The molecule has 0 aliphatic heterocycles. The monoisotopic (exact) mass is 343 g/mol. The van der Waals surface area contributed by atoms with Gasteiger partial charge < -0.3 is 16.4 Å². The van der Waals surface area contributed by atoms with Gasteiger partial charge in [0.15, 0.2) is 0 Å². The van der Waals surface area contributed by atoms with Gasteiger partial charge in [-0.3, -0.25) is 9.59 Å². The number of nitrogens with two attached hydrogens (primary N) is 1. The highest BCUT2D eigenvalue weighted by Gasteiger charge is 2.18. The molecular formula is C18H25N5O2. The van der Waals surface area contributed by atoms with E-state index in [-0.39, 0.29) is 23.9 Å². The van der Waals surface area contributed by atoms with Crippen LogP contribution in [0, 0.1) is 13.8 Å². The van der Waals surface area contributed by atoms with Gasteiger partial charge in [-0.05, 0) is 52.3 Å². The van der Waals surface area contributed by atoms with E-state index in [2.05, 4.69) is 15.7 Å². The minimum absolute atomic E-state index is 0.0114. The molecule has 0 fully saturated rings. The molecule has 1 heterocycles. The maximum Gasteiger partial charge on any atom is 0.252 e. The fraction of sp³-hybridized carbons (Fsp3) is 0.389. The number of amides is 2. The summed E-state index contributed by atoms with van der Waals surface area (Å²) >= 11 is 0. The van der Waals surface area contributed by atoms with Crippen LogP contribution in [0.4, 0.5) is 11.5 Å². The molecule has 0 unspecified atom stereocenters. The number of carbonyl (C=O) groups excluding carboxylic acids is 2. The molecule has 0 spiro atoms. The topological polar surface area (TPSA) is 102 Å². The first-order valence-electron chi connectivity index (χ1n) is 8.09. The Balaban J connectivity index is 2.15. The van der Waals surface area contributed by atoms with Gasteiger partial charge in [0.2, 0.25) is 5.91 Å². The van der Waals surface area contributed by atoms with Gasteiger partial charge in [0, 0.05) is 22.9 Å². The predicted molar refractivity (Wildman–Crippen MR) is 98.4 cm³/mol. The summed E-state index contributed by atoms with van der Waals surface area (Å²) in [7, 11) is 0. The molecule has 0 saturated carbocycles. The van der Waals surface area contributed by atoms with E-state index in [0.717, 1.165) is 5.69 Å². The lowest BCUT2D eigenvalue weighted by molar-refractivity contribution is -0.116. The van der Waals surface area contributed by atoms with E-state index in [1.807, 2.05) is 27.7 Å². The van der Waals surface area contributed by atoms with Crippen molar-refractivity contribution in [3.05, 3.63) is 41.1 Å². The number of carbonyl (C=O) groups is 2. The fourth-order valence-electron chi connectivity index (χ4n) is 2.44. The highest BCUT2D eigenvalue weighted by Crippen LogP contribution is 2.20. The fourth-order valence-corrected chi connectivity index (χ4v) is 2.44. The highest BCUT2D eigenvalue weighted by atomic mass is 16.2. The zero-order valence-electron chi connectivity index (χ0n) is 15.3. The van der Waals surface area contributed by atoms with Gasteiger partial charge in [-0.1, -0.05) is 6.07 Å². The molecule has 1 aromatic heterocycles. The Morgan fingerprint density at radius 2 is 1.92 bits per heavy atom. The standard InChI is InChI=1S/C18H25N5O2/c1-11-9-15(19)23(22-11)10-16(24)20-14-8-6-7-13(12(14)2)17(25)21-18(3,4)5/h6-9H,10,19H2,1-5H3,(H,20,24)(H,21,25). The molecule has 0 aliphatic rings. The van der Waals surface area contributed by atoms with Crippen LogP contribution >= 0.6 is 0 Å². The number of anilines is 2. The maximum absolute atomic E-state index is 12.4. The van der Waals surface area contributed by atoms with Crippen LogP contribution in [0.5, 0.6) is 0 Å². The lowest BCUT2D eigenvalue weighted by atomic mass is 10.0. The Labute approximate surface area is 147 Å². The number of aromatic nitrogens is 2. The van der Waals surface area contributed by atoms with Gasteiger partial charge >= 0.3 is 0 Å². The summed E-state index contributed by atoms with van der Waals surface area (Å²) in [6, 6.07) is 6.95. The Bertz CT molecular complexity index is 802. The second-order valence-corrected chi connectivity index (χ2v) is 7.10. The smallest absolute Gasteiger partial charge is 0.252 e. The average molecular weight is 343 g/mol. The third-order valence-corrected chi connectivity index (χ3v) is 3.57. The van der Waals surface area contributed by atoms with Gasteiger partial charge in [0.25, 0.3) is 5.91 Å². The summed E-state index contributed by atoms with van der Waals surface area (Å²) in [6.45, 7) is 9.39. The summed E-state index contributed by atoms with van der Waals surface area (Å²) in [6.07, 6.45) is 0. The van der Waals surface area contributed by atoms with Crippen LogP contribution in [0.1, 0.15) is 42.4 Å². The van der Waals surface area contributed by atoms with Crippen LogP contribution in [0.2, 0.25) is 0 Å². The molecule has 2 rings (SSSR count). The van der Waals surface area contributed by atoms with E-state index in [4.69, 9.17) is 5.73 Å². The summed E-state index contributed by atoms with van der Waals surface area (Å²) < 4.78 is 1.44. The van der Waals surface area contributed by atoms with Crippen molar-refractivity contribution >= 4 is 23.3 Å². The number of nitrogens with zero attached hydrogens (tertiary/aromatic N) is 2. The molecule has 0 aliphatic carbocycles. The number of rotatable bonds is 4. The van der Waals surface area contributed by atoms with Gasteiger partial charge in [0.05, 0.1) is 5.69 Å². The first kappa shape index (κ1) is 18.5. The molecule has 0 bridgehead atoms. The number of aryl methyl sites for hydroxylation is 1. The van der Waals surface area contributed by atoms with E-state index < -0.39 is 0 Å². The molecule has 1 aromatic carbocycles. The quantitative estimate of drug-likeness (QED) is 0.792. The number of hydrogen-bond acceptors (Lipinski definition) is 4. The van der Waals surface area contributed by atoms with E-state index in [9.17, 15) is 9.59 Å². The normalized spacial score (nSPS) is 11.2. The zero-order valence-corrected chi connectivity index (χ0v) is 15.3. The summed E-state index contributed by atoms with van der Waals surface area (Å²) in [5, 5.41) is 9.91. The van der Waals surface area contributed by atoms with E-state index >= 15 is 0 Å². The number of hydrogen-bond donors (Lipinski definition) is 3. The summed E-state index contributed by atoms with van der Waals surface area (Å²) in [4.78, 5) is 24.7. The minimum Gasteiger partial charge on any atom is -0.384 e. The van der Waals surface area contributed by atoms with E-state index in [0.29, 0.717) is 22.6 Å². The molecule has 7 heteroatoms. The molecular weight excluding hydrogens is 318 g/mol. The minimum atomic E-state index is -0.335. The number of benzene rings is 1. The lowest BCUT2D eigenvalue weighted by Crippen LogP contribution is -2.40. The van der Waals surface area contributed by atoms with E-state index in [1.165, 1.54) is 4.68 Å². The number of nitrogen functional groups attached to an aromatic ring is 1. The SMILES string of the molecule is Cc1cc(N)n(CC(=O)Nc2cccc(C(=O)NC(C)(C)C)c2C)n1. The molecule has 25 heavy (non-hydrogen) atoms. The second-order valence-electron chi connectivity index (χ2n) is 7.10. The van der Waals surface area contributed by atoms with Gasteiger partial charge in [-0.2, -0.15) is 5.10 Å². The highest BCUT2D eigenvalue weighted by molar-refractivity contribution is 5.99. The van der Waals surface area contributed by atoms with Crippen LogP contribution < -0.4 is 16.4 Å². The largest absolute Gasteiger partial charge is 0.384 e. The Morgan fingerprint density at radius 3 is 2.48 bits per heavy atom. The number of nitrogens with one attached hydrogen (secondary N) is 2. The molecule has 0 radical (unpaired) electrons. The third-order valence-electron chi connectivity index (χ3n) is 3.57. The van der Waals surface area contributed by atoms with Crippen molar-refractivity contribution in [2.75, 3.05) is 11.1 Å². The van der Waals surface area contributed by atoms with Crippen molar-refractivity contribution in [2.45, 2.75) is 46.7 Å². The molecule has 7 nitrogen and oxygen atoms in total. The summed E-state index contributed by atoms with van der Waals surface area (Å²) in [5.41, 5.74) is 8.05. The maximum atomic E-state index is 12.4. The van der Waals surface area contributed by atoms with Gasteiger partial charge in [-0.25, -0.2) is 4.68 Å². The van der Waals surface area contributed by atoms with Crippen LogP contribution in [0.3, 0.4) is 0 Å². The van der Waals surface area contributed by atoms with Crippen LogP contribution in [0.15, 0.2) is 24.3 Å². The summed E-state index contributed by atoms with van der Waals surface area (Å²) in [5.74, 6) is 0.00185. The van der Waals surface area contributed by atoms with Crippen molar-refractivity contribution in [3.63, 3.8) is 0 Å². The molecule has 2 amide bonds. The Hall–Kier alpha value is -2.83. The van der Waals surface area contributed by atoms with Crippen LogP contribution in [0.25, 0.3) is 0 Å². The molecule has 2 aromatic rings. The molecule has 0 saturated heterocycles. The Kier molecular flexibility index (Phi) is 5.15. The van der Waals surface area contributed by atoms with Gasteiger partial charge in [-0.15, -0.1) is 0 Å². The van der Waals surface area contributed by atoms with Gasteiger partial charge in [0.1, 0.15) is 12.4 Å². The Morgan fingerprint density at radius 1 is 1.24 bits per heavy atom. The van der Waals surface area contributed by atoms with Crippen molar-refractivity contribution in [2.24, 2.45) is 0 Å². The van der Waals surface area contributed by atoms with Crippen molar-refractivity contribution < 1.29 is 9.59 Å². The first-order chi connectivity index (χ1) is 11.6. The molecule has 4 N–H and O–H groups in total. The van der Waals surface area contributed by atoms with Crippen LogP contribution in [-0.2, 0) is 11.3 Å². The van der Waals surface area contributed by atoms with Crippen molar-refractivity contribution in [1.82, 2.24) is 15.1 Å². The molecule has 134 valence electrons. The second kappa shape index (κ2) is 6.96. The zero-order chi connectivity index (χ0) is 18.8. The lowest BCUT2D eigenvalue weighted by Gasteiger charge is -2.21. The third kappa shape index (κ3) is 4.82. The van der Waals surface area contributed by atoms with Crippen molar-refractivity contribution in [3.8, 4) is 0 Å².